The molecule has 1 aromatic carbocycles. The third kappa shape index (κ3) is 2.34. The molecule has 0 aliphatic heterocycles. The average Bonchev–Trinajstić information content (AvgIpc) is 2.59. The Balaban J connectivity index is 2.35. The lowest BCUT2D eigenvalue weighted by atomic mass is 10.2. The Labute approximate surface area is 97.5 Å². The number of thiophene rings is 1. The summed E-state index contributed by atoms with van der Waals surface area (Å²) in [6, 6.07) is 5.29. The van der Waals surface area contributed by atoms with Gasteiger partial charge in [0.2, 0.25) is 0 Å². The van der Waals surface area contributed by atoms with Gasteiger partial charge >= 0.3 is 0 Å². The first kappa shape index (κ1) is 11.0. The Hall–Kier alpha value is -0.540. The van der Waals surface area contributed by atoms with Crippen LogP contribution in [0.25, 0.3) is 10.1 Å². The van der Waals surface area contributed by atoms with Gasteiger partial charge in [-0.25, -0.2) is 4.39 Å². The van der Waals surface area contributed by atoms with E-state index >= 15 is 0 Å². The Bertz CT molecular complexity index is 460. The van der Waals surface area contributed by atoms with E-state index < -0.39 is 0 Å². The first-order chi connectivity index (χ1) is 7.18. The first-order valence-electron chi connectivity index (χ1n) is 4.94. The van der Waals surface area contributed by atoms with Gasteiger partial charge in [-0.05, 0) is 28.3 Å². The van der Waals surface area contributed by atoms with E-state index in [4.69, 9.17) is 0 Å². The minimum absolute atomic E-state index is 0.0897. The molecule has 0 amide bonds. The predicted molar refractivity (Wildman–Crippen MR) is 68.2 cm³/mol. The number of rotatable bonds is 3. The van der Waals surface area contributed by atoms with E-state index in [0.717, 1.165) is 21.4 Å². The molecule has 80 valence electrons. The van der Waals surface area contributed by atoms with Gasteiger partial charge in [-0.15, -0.1) is 11.3 Å². The molecule has 0 nitrogen and oxygen atoms in total. The highest BCUT2D eigenvalue weighted by Crippen LogP contribution is 2.31. The van der Waals surface area contributed by atoms with Crippen molar-refractivity contribution in [2.75, 3.05) is 0 Å². The van der Waals surface area contributed by atoms with Crippen LogP contribution >= 0.6 is 23.1 Å². The fraction of sp³-hybridized carbons (Fsp3) is 0.333. The van der Waals surface area contributed by atoms with E-state index in [1.807, 2.05) is 17.8 Å². The molecule has 0 atom stereocenters. The number of benzene rings is 1. The fourth-order valence-electron chi connectivity index (χ4n) is 1.47. The zero-order valence-corrected chi connectivity index (χ0v) is 10.4. The fourth-order valence-corrected chi connectivity index (χ4v) is 3.29. The summed E-state index contributed by atoms with van der Waals surface area (Å²) in [4.78, 5) is 0. The lowest BCUT2D eigenvalue weighted by molar-refractivity contribution is 0.639. The minimum atomic E-state index is -0.0897. The zero-order valence-electron chi connectivity index (χ0n) is 8.79. The largest absolute Gasteiger partial charge is 0.206 e. The predicted octanol–water partition coefficient (Wildman–Crippen LogP) is 4.68. The van der Waals surface area contributed by atoms with Crippen molar-refractivity contribution in [3.05, 3.63) is 35.0 Å². The van der Waals surface area contributed by atoms with E-state index in [0.29, 0.717) is 5.25 Å². The molecule has 2 rings (SSSR count). The molecule has 0 spiro atoms. The molecule has 0 saturated carbocycles. The van der Waals surface area contributed by atoms with E-state index in [2.05, 4.69) is 19.2 Å². The van der Waals surface area contributed by atoms with E-state index in [1.165, 1.54) is 0 Å². The van der Waals surface area contributed by atoms with Gasteiger partial charge in [-0.1, -0.05) is 19.9 Å². The second kappa shape index (κ2) is 4.54. The number of thioether (sulfide) groups is 1. The molecular formula is C12H13FS2. The number of halogens is 1. The maximum Gasteiger partial charge on any atom is 0.132 e. The van der Waals surface area contributed by atoms with Crippen LogP contribution in [0.5, 0.6) is 0 Å². The van der Waals surface area contributed by atoms with Crippen molar-refractivity contribution in [1.29, 1.82) is 0 Å². The molecule has 0 aliphatic carbocycles. The van der Waals surface area contributed by atoms with Gasteiger partial charge in [0, 0.05) is 15.8 Å². The molecule has 0 unspecified atom stereocenters. The van der Waals surface area contributed by atoms with Gasteiger partial charge in [0.25, 0.3) is 0 Å². The molecule has 0 radical (unpaired) electrons. The normalized spacial score (nSPS) is 11.5. The van der Waals surface area contributed by atoms with E-state index in [1.54, 1.807) is 23.5 Å². The van der Waals surface area contributed by atoms with Crippen LogP contribution < -0.4 is 0 Å². The molecule has 0 fully saturated rings. The summed E-state index contributed by atoms with van der Waals surface area (Å²) in [5.74, 6) is 0.812. The second-order valence-corrected chi connectivity index (χ2v) is 6.21. The van der Waals surface area contributed by atoms with Crippen molar-refractivity contribution in [2.45, 2.75) is 24.9 Å². The number of fused-ring (bicyclic) bond motifs is 1. The second-order valence-electron chi connectivity index (χ2n) is 3.73. The zero-order chi connectivity index (χ0) is 10.8. The van der Waals surface area contributed by atoms with Crippen LogP contribution in [0.2, 0.25) is 0 Å². The van der Waals surface area contributed by atoms with Gasteiger partial charge in [0.1, 0.15) is 5.82 Å². The minimum Gasteiger partial charge on any atom is -0.206 e. The quantitative estimate of drug-likeness (QED) is 0.750. The highest BCUT2D eigenvalue weighted by molar-refractivity contribution is 7.99. The van der Waals surface area contributed by atoms with Crippen molar-refractivity contribution in [3.63, 3.8) is 0 Å². The van der Waals surface area contributed by atoms with E-state index in [-0.39, 0.29) is 5.82 Å². The summed E-state index contributed by atoms with van der Waals surface area (Å²) < 4.78 is 14.7. The van der Waals surface area contributed by atoms with Crippen LogP contribution in [0.4, 0.5) is 4.39 Å². The van der Waals surface area contributed by atoms with Crippen LogP contribution in [0.3, 0.4) is 0 Å². The van der Waals surface area contributed by atoms with Gasteiger partial charge in [-0.2, -0.15) is 11.8 Å². The SMILES string of the molecule is CC(C)SCc1csc2cccc(F)c12. The highest BCUT2D eigenvalue weighted by atomic mass is 32.2. The van der Waals surface area contributed by atoms with Crippen molar-refractivity contribution in [1.82, 2.24) is 0 Å². The highest BCUT2D eigenvalue weighted by Gasteiger charge is 2.08. The average molecular weight is 240 g/mol. The molecule has 3 heteroatoms. The van der Waals surface area contributed by atoms with Crippen molar-refractivity contribution in [3.8, 4) is 0 Å². The van der Waals surface area contributed by atoms with Crippen molar-refractivity contribution < 1.29 is 4.39 Å². The molecule has 0 N–H and O–H groups in total. The maximum absolute atomic E-state index is 13.6. The summed E-state index contributed by atoms with van der Waals surface area (Å²) in [6.07, 6.45) is 0. The summed E-state index contributed by atoms with van der Waals surface area (Å²) >= 11 is 3.48. The molecule has 2 aromatic rings. The smallest absolute Gasteiger partial charge is 0.132 e. The topological polar surface area (TPSA) is 0 Å². The van der Waals surface area contributed by atoms with Crippen LogP contribution in [0.15, 0.2) is 23.6 Å². The van der Waals surface area contributed by atoms with Crippen LogP contribution in [-0.2, 0) is 5.75 Å². The van der Waals surface area contributed by atoms with Gasteiger partial charge < -0.3 is 0 Å². The third-order valence-electron chi connectivity index (χ3n) is 2.20. The Morgan fingerprint density at radius 3 is 2.93 bits per heavy atom. The summed E-state index contributed by atoms with van der Waals surface area (Å²) in [6.45, 7) is 4.32. The van der Waals surface area contributed by atoms with Crippen LogP contribution in [0, 0.1) is 5.82 Å². The Morgan fingerprint density at radius 1 is 1.40 bits per heavy atom. The third-order valence-corrected chi connectivity index (χ3v) is 4.34. The summed E-state index contributed by atoms with van der Waals surface area (Å²) in [5, 5.41) is 3.48. The standard InChI is InChI=1S/C12H13FS2/c1-8(2)14-6-9-7-15-11-5-3-4-10(13)12(9)11/h3-5,7-8H,6H2,1-2H3. The molecule has 1 aromatic heterocycles. The Kier molecular flexibility index (Phi) is 3.32. The molecule has 0 bridgehead atoms. The van der Waals surface area contributed by atoms with Crippen LogP contribution in [-0.4, -0.2) is 5.25 Å². The number of hydrogen-bond acceptors (Lipinski definition) is 2. The van der Waals surface area contributed by atoms with E-state index in [9.17, 15) is 4.39 Å². The van der Waals surface area contributed by atoms with Crippen LogP contribution in [0.1, 0.15) is 19.4 Å². The molecule has 1 heterocycles. The van der Waals surface area contributed by atoms with Gasteiger partial charge in [-0.3, -0.25) is 0 Å². The first-order valence-corrected chi connectivity index (χ1v) is 6.87. The lowest BCUT2D eigenvalue weighted by Gasteiger charge is -2.03. The summed E-state index contributed by atoms with van der Waals surface area (Å²) in [5.41, 5.74) is 1.13. The number of hydrogen-bond donors (Lipinski definition) is 0. The van der Waals surface area contributed by atoms with Gasteiger partial charge in [0.15, 0.2) is 0 Å². The van der Waals surface area contributed by atoms with Crippen molar-refractivity contribution >= 4 is 33.2 Å². The monoisotopic (exact) mass is 240 g/mol. The Morgan fingerprint density at radius 2 is 2.20 bits per heavy atom. The molecule has 15 heavy (non-hydrogen) atoms. The molecule has 0 aliphatic rings. The maximum atomic E-state index is 13.6. The molecule has 0 saturated heterocycles. The van der Waals surface area contributed by atoms with Crippen molar-refractivity contribution in [2.24, 2.45) is 0 Å². The lowest BCUT2D eigenvalue weighted by Crippen LogP contribution is -1.88. The van der Waals surface area contributed by atoms with Gasteiger partial charge in [0.05, 0.1) is 0 Å². The summed E-state index contributed by atoms with van der Waals surface area (Å²) in [7, 11) is 0. The molecular weight excluding hydrogens is 227 g/mol.